The molecule has 22 heavy (non-hydrogen) atoms. The van der Waals surface area contributed by atoms with Crippen LogP contribution in [0.3, 0.4) is 0 Å². The minimum atomic E-state index is -0.341. The number of nitrogens with one attached hydrogen (secondary N) is 1. The molecule has 2 aromatic rings. The van der Waals surface area contributed by atoms with Crippen LogP contribution < -0.4 is 10.1 Å². The molecule has 2 aromatic carbocycles. The highest BCUT2D eigenvalue weighted by atomic mass is 35.5. The fourth-order valence-corrected chi connectivity index (χ4v) is 2.23. The van der Waals surface area contributed by atoms with Crippen LogP contribution in [-0.2, 0) is 13.2 Å². The van der Waals surface area contributed by atoms with Gasteiger partial charge < -0.3 is 10.1 Å². The Morgan fingerprint density at radius 3 is 2.50 bits per heavy atom. The molecule has 0 bridgehead atoms. The summed E-state index contributed by atoms with van der Waals surface area (Å²) in [6.45, 7) is 6.54. The molecule has 0 saturated heterocycles. The molecule has 1 N–H and O–H groups in total. The predicted molar refractivity (Wildman–Crippen MR) is 88.7 cm³/mol. The fourth-order valence-electron chi connectivity index (χ4n) is 2.01. The maximum atomic E-state index is 13.0. The van der Waals surface area contributed by atoms with E-state index in [1.165, 1.54) is 17.7 Å². The van der Waals surface area contributed by atoms with E-state index < -0.39 is 0 Å². The van der Waals surface area contributed by atoms with Crippen molar-refractivity contribution in [3.05, 3.63) is 64.4 Å². The first-order valence-corrected chi connectivity index (χ1v) is 7.79. The van der Waals surface area contributed by atoms with E-state index in [1.54, 1.807) is 6.07 Å². The summed E-state index contributed by atoms with van der Waals surface area (Å²) in [5.74, 6) is 1.07. The number of hydrogen-bond donors (Lipinski definition) is 1. The molecule has 0 fully saturated rings. The maximum Gasteiger partial charge on any atom is 0.124 e. The van der Waals surface area contributed by atoms with E-state index in [2.05, 4.69) is 19.2 Å². The summed E-state index contributed by atoms with van der Waals surface area (Å²) >= 11 is 5.98. The highest BCUT2D eigenvalue weighted by Gasteiger charge is 2.03. The lowest BCUT2D eigenvalue weighted by Gasteiger charge is -2.10. The van der Waals surface area contributed by atoms with Crippen LogP contribution in [-0.4, -0.2) is 6.54 Å². The van der Waals surface area contributed by atoms with Gasteiger partial charge in [0.1, 0.15) is 18.2 Å². The van der Waals surface area contributed by atoms with Crippen molar-refractivity contribution in [2.45, 2.75) is 27.0 Å². The van der Waals surface area contributed by atoms with Gasteiger partial charge in [-0.3, -0.25) is 0 Å². The molecule has 0 radical (unpaired) electrons. The Hall–Kier alpha value is -1.58. The highest BCUT2D eigenvalue weighted by molar-refractivity contribution is 6.31. The molecule has 118 valence electrons. The molecule has 0 heterocycles. The average molecular weight is 322 g/mol. The summed E-state index contributed by atoms with van der Waals surface area (Å²) in [4.78, 5) is 0. The third-order valence-electron chi connectivity index (χ3n) is 3.21. The van der Waals surface area contributed by atoms with Gasteiger partial charge in [-0.05, 0) is 42.3 Å². The molecule has 0 saturated carbocycles. The van der Waals surface area contributed by atoms with Crippen LogP contribution in [0, 0.1) is 11.7 Å². The first-order chi connectivity index (χ1) is 10.5. The number of rotatable bonds is 7. The molecule has 0 unspecified atom stereocenters. The zero-order valence-corrected chi connectivity index (χ0v) is 13.7. The molecule has 0 aliphatic rings. The zero-order valence-electron chi connectivity index (χ0n) is 12.9. The lowest BCUT2D eigenvalue weighted by Crippen LogP contribution is -2.18. The largest absolute Gasteiger partial charge is 0.489 e. The van der Waals surface area contributed by atoms with Gasteiger partial charge in [-0.1, -0.05) is 43.6 Å². The first-order valence-electron chi connectivity index (χ1n) is 7.41. The fraction of sp³-hybridized carbons (Fsp3) is 0.333. The van der Waals surface area contributed by atoms with Gasteiger partial charge in [0.2, 0.25) is 0 Å². The van der Waals surface area contributed by atoms with Crippen LogP contribution in [0.1, 0.15) is 25.0 Å². The monoisotopic (exact) mass is 321 g/mol. The predicted octanol–water partition coefficient (Wildman–Crippen LogP) is 4.80. The van der Waals surface area contributed by atoms with Crippen molar-refractivity contribution in [3.63, 3.8) is 0 Å². The van der Waals surface area contributed by atoms with E-state index in [4.69, 9.17) is 16.3 Å². The van der Waals surface area contributed by atoms with E-state index in [-0.39, 0.29) is 5.82 Å². The second kappa shape index (κ2) is 8.16. The molecule has 2 nitrogen and oxygen atoms in total. The summed E-state index contributed by atoms with van der Waals surface area (Å²) in [5, 5.41) is 3.78. The quantitative estimate of drug-likeness (QED) is 0.790. The summed E-state index contributed by atoms with van der Waals surface area (Å²) in [6, 6.07) is 12.3. The summed E-state index contributed by atoms with van der Waals surface area (Å²) in [5.41, 5.74) is 1.98. The molecule has 0 aromatic heterocycles. The molecule has 0 aliphatic carbocycles. The van der Waals surface area contributed by atoms with Crippen LogP contribution in [0.25, 0.3) is 0 Å². The van der Waals surface area contributed by atoms with Crippen LogP contribution in [0.2, 0.25) is 5.02 Å². The van der Waals surface area contributed by atoms with Crippen LogP contribution in [0.5, 0.6) is 5.75 Å². The Morgan fingerprint density at radius 2 is 1.86 bits per heavy atom. The third kappa shape index (κ3) is 5.32. The number of ether oxygens (including phenoxy) is 1. The van der Waals surface area contributed by atoms with E-state index in [1.807, 2.05) is 24.3 Å². The van der Waals surface area contributed by atoms with Gasteiger partial charge in [0.05, 0.1) is 5.02 Å². The number of benzene rings is 2. The van der Waals surface area contributed by atoms with Crippen molar-refractivity contribution in [1.29, 1.82) is 0 Å². The van der Waals surface area contributed by atoms with Crippen LogP contribution in [0.4, 0.5) is 4.39 Å². The van der Waals surface area contributed by atoms with E-state index in [0.29, 0.717) is 17.5 Å². The van der Waals surface area contributed by atoms with Crippen molar-refractivity contribution in [2.24, 2.45) is 5.92 Å². The first kappa shape index (κ1) is 16.8. The lowest BCUT2D eigenvalue weighted by molar-refractivity contribution is 0.306. The molecule has 0 amide bonds. The lowest BCUT2D eigenvalue weighted by atomic mass is 10.2. The Labute approximate surface area is 136 Å². The Bertz CT molecular complexity index is 599. The van der Waals surface area contributed by atoms with Crippen molar-refractivity contribution in [2.75, 3.05) is 6.54 Å². The third-order valence-corrected chi connectivity index (χ3v) is 3.57. The van der Waals surface area contributed by atoms with Crippen LogP contribution >= 0.6 is 11.6 Å². The second-order valence-corrected chi connectivity index (χ2v) is 6.10. The standard InChI is InChI=1S/C18H21ClFNO/c1-13(2)10-21-11-14-3-7-17(8-4-14)22-12-15-5-6-16(20)9-18(15)19/h3-9,13,21H,10-12H2,1-2H3. The average Bonchev–Trinajstić information content (AvgIpc) is 2.47. The van der Waals surface area contributed by atoms with E-state index in [0.717, 1.165) is 24.4 Å². The van der Waals surface area contributed by atoms with E-state index in [9.17, 15) is 4.39 Å². The minimum Gasteiger partial charge on any atom is -0.489 e. The Morgan fingerprint density at radius 1 is 1.14 bits per heavy atom. The molecular formula is C18H21ClFNO. The molecule has 2 rings (SSSR count). The maximum absolute atomic E-state index is 13.0. The molecule has 0 aliphatic heterocycles. The summed E-state index contributed by atoms with van der Waals surface area (Å²) in [7, 11) is 0. The number of hydrogen-bond acceptors (Lipinski definition) is 2. The van der Waals surface area contributed by atoms with Crippen molar-refractivity contribution < 1.29 is 9.13 Å². The Kier molecular flexibility index (Phi) is 6.22. The van der Waals surface area contributed by atoms with Crippen molar-refractivity contribution in [3.8, 4) is 5.75 Å². The number of halogens is 2. The van der Waals surface area contributed by atoms with Crippen molar-refractivity contribution >= 4 is 11.6 Å². The van der Waals surface area contributed by atoms with Crippen LogP contribution in [0.15, 0.2) is 42.5 Å². The highest BCUT2D eigenvalue weighted by Crippen LogP contribution is 2.20. The molecule has 4 heteroatoms. The zero-order chi connectivity index (χ0) is 15.9. The van der Waals surface area contributed by atoms with Gasteiger partial charge in [0.25, 0.3) is 0 Å². The van der Waals surface area contributed by atoms with Gasteiger partial charge in [-0.2, -0.15) is 0 Å². The van der Waals surface area contributed by atoms with Crippen molar-refractivity contribution in [1.82, 2.24) is 5.32 Å². The van der Waals surface area contributed by atoms with Gasteiger partial charge >= 0.3 is 0 Å². The van der Waals surface area contributed by atoms with Gasteiger partial charge in [0, 0.05) is 12.1 Å². The molecule has 0 spiro atoms. The van der Waals surface area contributed by atoms with Gasteiger partial charge in [0.15, 0.2) is 0 Å². The smallest absolute Gasteiger partial charge is 0.124 e. The second-order valence-electron chi connectivity index (χ2n) is 5.69. The van der Waals surface area contributed by atoms with Gasteiger partial charge in [-0.15, -0.1) is 0 Å². The van der Waals surface area contributed by atoms with E-state index >= 15 is 0 Å². The topological polar surface area (TPSA) is 21.3 Å². The molecule has 0 atom stereocenters. The summed E-state index contributed by atoms with van der Waals surface area (Å²) < 4.78 is 18.7. The normalized spacial score (nSPS) is 11.0. The Balaban J connectivity index is 1.86. The minimum absolute atomic E-state index is 0.323. The SMILES string of the molecule is CC(C)CNCc1ccc(OCc2ccc(F)cc2Cl)cc1. The molecular weight excluding hydrogens is 301 g/mol. The van der Waals surface area contributed by atoms with Gasteiger partial charge in [-0.25, -0.2) is 4.39 Å². The summed E-state index contributed by atoms with van der Waals surface area (Å²) in [6.07, 6.45) is 0.